The molecule has 1 aliphatic heterocycles. The molecule has 6 nitrogen and oxygen atoms in total. The molecule has 1 saturated heterocycles. The van der Waals surface area contributed by atoms with E-state index in [2.05, 4.69) is 73.9 Å². The lowest BCUT2D eigenvalue weighted by atomic mass is 9.96. The van der Waals surface area contributed by atoms with Gasteiger partial charge in [-0.2, -0.15) is 0 Å². The van der Waals surface area contributed by atoms with E-state index in [0.29, 0.717) is 6.54 Å². The molecular weight excluding hydrogens is 428 g/mol. The Bertz CT molecular complexity index is 1240. The van der Waals surface area contributed by atoms with Crippen LogP contribution >= 0.6 is 12.2 Å². The van der Waals surface area contributed by atoms with Gasteiger partial charge in [0.1, 0.15) is 0 Å². The molecule has 1 aliphatic rings. The zero-order valence-corrected chi connectivity index (χ0v) is 19.5. The van der Waals surface area contributed by atoms with Crippen LogP contribution in [-0.4, -0.2) is 29.5 Å². The van der Waals surface area contributed by atoms with E-state index < -0.39 is 0 Å². The van der Waals surface area contributed by atoms with Crippen LogP contribution in [0, 0.1) is 13.8 Å². The minimum Gasteiger partial charge on any atom is -0.352 e. The number of thiocarbonyl (C=S) groups is 1. The average molecular weight is 455 g/mol. The Morgan fingerprint density at radius 3 is 2.48 bits per heavy atom. The number of aromatic nitrogens is 4. The quantitative estimate of drug-likeness (QED) is 0.433. The maximum absolute atomic E-state index is 5.83. The molecule has 1 N–H and O–H groups in total. The van der Waals surface area contributed by atoms with Crippen LogP contribution in [-0.2, 0) is 13.1 Å². The summed E-state index contributed by atoms with van der Waals surface area (Å²) >= 11 is 5.83. The van der Waals surface area contributed by atoms with Crippen LogP contribution in [0.2, 0.25) is 0 Å². The molecule has 0 aromatic carbocycles. The molecule has 0 radical (unpaired) electrons. The van der Waals surface area contributed by atoms with E-state index in [-0.39, 0.29) is 12.1 Å². The van der Waals surface area contributed by atoms with Crippen LogP contribution in [0.25, 0.3) is 0 Å². The van der Waals surface area contributed by atoms with Crippen molar-refractivity contribution >= 4 is 17.3 Å². The number of hydrogen-bond donors (Lipinski definition) is 1. The maximum Gasteiger partial charge on any atom is 0.170 e. The van der Waals surface area contributed by atoms with Gasteiger partial charge in [-0.1, -0.05) is 12.1 Å². The second-order valence-corrected chi connectivity index (χ2v) is 8.77. The minimum atomic E-state index is -0.0368. The fraction of sp³-hybridized carbons (Fsp3) is 0.231. The highest BCUT2D eigenvalue weighted by atomic mass is 32.1. The Hall–Kier alpha value is -3.58. The Balaban J connectivity index is 1.56. The molecule has 0 bridgehead atoms. The number of hydrogen-bond acceptors (Lipinski definition) is 4. The SMILES string of the molecule is Cc1cc([C@H]2[C@H](c3ccccn3)NC(=S)N2Cc2cccnc2)c(C)n1Cc1ccncc1. The van der Waals surface area contributed by atoms with Crippen molar-refractivity contribution in [1.82, 2.24) is 29.7 Å². The lowest BCUT2D eigenvalue weighted by Gasteiger charge is -2.28. The van der Waals surface area contributed by atoms with Crippen molar-refractivity contribution in [3.63, 3.8) is 0 Å². The van der Waals surface area contributed by atoms with Crippen LogP contribution in [0.15, 0.2) is 79.5 Å². The smallest absolute Gasteiger partial charge is 0.170 e. The van der Waals surface area contributed by atoms with Crippen LogP contribution in [0.5, 0.6) is 0 Å². The molecule has 0 amide bonds. The average Bonchev–Trinajstić information content (AvgIpc) is 3.31. The van der Waals surface area contributed by atoms with Gasteiger partial charge in [0.25, 0.3) is 0 Å². The lowest BCUT2D eigenvalue weighted by Crippen LogP contribution is -2.29. The molecule has 0 unspecified atom stereocenters. The summed E-state index contributed by atoms with van der Waals surface area (Å²) in [7, 11) is 0. The maximum atomic E-state index is 5.83. The van der Waals surface area contributed by atoms with Gasteiger partial charge in [-0.25, -0.2) is 0 Å². The summed E-state index contributed by atoms with van der Waals surface area (Å²) in [6.07, 6.45) is 9.23. The van der Waals surface area contributed by atoms with Crippen molar-refractivity contribution in [3.8, 4) is 0 Å². The largest absolute Gasteiger partial charge is 0.352 e. The second-order valence-electron chi connectivity index (χ2n) is 8.38. The summed E-state index contributed by atoms with van der Waals surface area (Å²) in [6.45, 7) is 5.85. The summed E-state index contributed by atoms with van der Waals surface area (Å²) < 4.78 is 2.36. The highest BCUT2D eigenvalue weighted by Gasteiger charge is 2.41. The summed E-state index contributed by atoms with van der Waals surface area (Å²) in [6, 6.07) is 16.5. The highest BCUT2D eigenvalue weighted by Crippen LogP contribution is 2.41. The summed E-state index contributed by atoms with van der Waals surface area (Å²) in [5.41, 5.74) is 7.05. The number of pyridine rings is 3. The third-order valence-corrected chi connectivity index (χ3v) is 6.65. The van der Waals surface area contributed by atoms with Gasteiger partial charge in [-0.05, 0) is 79.2 Å². The first kappa shape index (κ1) is 21.3. The fourth-order valence-electron chi connectivity index (χ4n) is 4.64. The van der Waals surface area contributed by atoms with Gasteiger partial charge in [0.2, 0.25) is 0 Å². The molecule has 2 atom stereocenters. The predicted molar refractivity (Wildman–Crippen MR) is 132 cm³/mol. The monoisotopic (exact) mass is 454 g/mol. The Morgan fingerprint density at radius 1 is 0.909 bits per heavy atom. The molecule has 4 aromatic rings. The normalized spacial score (nSPS) is 17.9. The first-order valence-electron chi connectivity index (χ1n) is 11.0. The zero-order valence-electron chi connectivity index (χ0n) is 18.7. The molecule has 1 fully saturated rings. The van der Waals surface area contributed by atoms with Crippen molar-refractivity contribution in [2.75, 3.05) is 0 Å². The van der Waals surface area contributed by atoms with Crippen molar-refractivity contribution < 1.29 is 0 Å². The van der Waals surface area contributed by atoms with Gasteiger partial charge >= 0.3 is 0 Å². The van der Waals surface area contributed by atoms with Crippen molar-refractivity contribution in [2.24, 2.45) is 0 Å². The Labute approximate surface area is 199 Å². The molecule has 4 aromatic heterocycles. The summed E-state index contributed by atoms with van der Waals surface area (Å²) in [5, 5.41) is 4.29. The van der Waals surface area contributed by atoms with Gasteiger partial charge in [0, 0.05) is 55.5 Å². The molecule has 0 aliphatic carbocycles. The number of nitrogens with one attached hydrogen (secondary N) is 1. The number of rotatable bonds is 6. The topological polar surface area (TPSA) is 58.9 Å². The zero-order chi connectivity index (χ0) is 22.8. The van der Waals surface area contributed by atoms with Gasteiger partial charge < -0.3 is 14.8 Å². The first-order valence-corrected chi connectivity index (χ1v) is 11.4. The standard InChI is InChI=1S/C26H26N6S/c1-18-14-22(19(2)31(18)16-20-8-12-27-13-9-20)25-24(23-7-3-4-11-29-23)30-26(33)32(25)17-21-6-5-10-28-15-21/h3-15,24-25H,16-17H2,1-2H3,(H,30,33)/t24-,25-/m0/s1. The third kappa shape index (κ3) is 4.24. The minimum absolute atomic E-state index is 0.0185. The number of aryl methyl sites for hydroxylation is 1. The molecule has 7 heteroatoms. The lowest BCUT2D eigenvalue weighted by molar-refractivity contribution is 0.309. The van der Waals surface area contributed by atoms with Crippen molar-refractivity contribution in [2.45, 2.75) is 39.0 Å². The molecule has 33 heavy (non-hydrogen) atoms. The predicted octanol–water partition coefficient (Wildman–Crippen LogP) is 4.51. The molecular formula is C26H26N6S. The highest BCUT2D eigenvalue weighted by molar-refractivity contribution is 7.80. The second kappa shape index (κ2) is 9.11. The van der Waals surface area contributed by atoms with Crippen molar-refractivity contribution in [1.29, 1.82) is 0 Å². The van der Waals surface area contributed by atoms with Gasteiger partial charge in [0.05, 0.1) is 17.8 Å². The Kier molecular flexibility index (Phi) is 5.88. The fourth-order valence-corrected chi connectivity index (χ4v) is 4.95. The summed E-state index contributed by atoms with van der Waals surface area (Å²) in [4.78, 5) is 15.4. The van der Waals surface area contributed by atoms with Crippen LogP contribution in [0.3, 0.4) is 0 Å². The molecule has 5 rings (SSSR count). The first-order chi connectivity index (χ1) is 16.1. The third-order valence-electron chi connectivity index (χ3n) is 6.29. The van der Waals surface area contributed by atoms with Crippen LogP contribution in [0.1, 0.15) is 45.9 Å². The van der Waals surface area contributed by atoms with E-state index in [1.807, 2.05) is 43.0 Å². The van der Waals surface area contributed by atoms with E-state index in [9.17, 15) is 0 Å². The van der Waals surface area contributed by atoms with E-state index in [1.165, 1.54) is 22.5 Å². The Morgan fingerprint density at radius 2 is 1.76 bits per heavy atom. The number of nitrogens with zero attached hydrogens (tertiary/aromatic N) is 5. The molecule has 0 saturated carbocycles. The van der Waals surface area contributed by atoms with E-state index in [4.69, 9.17) is 12.2 Å². The van der Waals surface area contributed by atoms with E-state index in [0.717, 1.165) is 22.9 Å². The van der Waals surface area contributed by atoms with Gasteiger partial charge in [-0.3, -0.25) is 15.0 Å². The van der Waals surface area contributed by atoms with Crippen molar-refractivity contribution in [3.05, 3.63) is 113 Å². The van der Waals surface area contributed by atoms with Gasteiger partial charge in [-0.15, -0.1) is 0 Å². The van der Waals surface area contributed by atoms with E-state index >= 15 is 0 Å². The summed E-state index contributed by atoms with van der Waals surface area (Å²) in [5.74, 6) is 0. The van der Waals surface area contributed by atoms with E-state index in [1.54, 1.807) is 6.20 Å². The van der Waals surface area contributed by atoms with Crippen LogP contribution in [0.4, 0.5) is 0 Å². The molecule has 0 spiro atoms. The molecule has 5 heterocycles. The van der Waals surface area contributed by atoms with Crippen LogP contribution < -0.4 is 5.32 Å². The van der Waals surface area contributed by atoms with Gasteiger partial charge in [0.15, 0.2) is 5.11 Å². The molecule has 166 valence electrons.